The highest BCUT2D eigenvalue weighted by Gasteiger charge is 2.27. The SMILES string of the molecule is Cc1cc(C(C)(C)c2ccc(OS(=O)(=O)c3ccccc3C)c(C)c2)ccc1OS(=O)(=O)c1ccccc1C. The predicted molar refractivity (Wildman–Crippen MR) is 152 cm³/mol. The normalized spacial score (nSPS) is 12.3. The minimum atomic E-state index is -3.98. The average molecular weight is 565 g/mol. The molecule has 0 bridgehead atoms. The molecule has 6 nitrogen and oxygen atoms in total. The summed E-state index contributed by atoms with van der Waals surface area (Å²) < 4.78 is 62.5. The number of hydrogen-bond acceptors (Lipinski definition) is 6. The van der Waals surface area contributed by atoms with E-state index in [-0.39, 0.29) is 21.3 Å². The average Bonchev–Trinajstić information content (AvgIpc) is 2.86. The van der Waals surface area contributed by atoms with Gasteiger partial charge in [-0.1, -0.05) is 74.5 Å². The molecule has 0 atom stereocenters. The van der Waals surface area contributed by atoms with Crippen LogP contribution in [-0.4, -0.2) is 16.8 Å². The summed E-state index contributed by atoms with van der Waals surface area (Å²) in [5.41, 5.74) is 4.00. The Hall–Kier alpha value is -3.62. The van der Waals surface area contributed by atoms with Crippen LogP contribution in [0.1, 0.15) is 47.2 Å². The van der Waals surface area contributed by atoms with Crippen molar-refractivity contribution in [2.45, 2.75) is 56.7 Å². The minimum absolute atomic E-state index is 0.135. The van der Waals surface area contributed by atoms with E-state index in [1.165, 1.54) is 12.1 Å². The number of hydrogen-bond donors (Lipinski definition) is 0. The fourth-order valence-corrected chi connectivity index (χ4v) is 6.87. The van der Waals surface area contributed by atoms with Crippen LogP contribution in [0, 0.1) is 27.7 Å². The maximum Gasteiger partial charge on any atom is 0.339 e. The number of rotatable bonds is 8. The van der Waals surface area contributed by atoms with Gasteiger partial charge >= 0.3 is 20.2 Å². The summed E-state index contributed by atoms with van der Waals surface area (Å²) in [6.07, 6.45) is 0. The summed E-state index contributed by atoms with van der Waals surface area (Å²) in [5.74, 6) is 0.526. The van der Waals surface area contributed by atoms with Crippen LogP contribution >= 0.6 is 0 Å². The quantitative estimate of drug-likeness (QED) is 0.219. The van der Waals surface area contributed by atoms with Gasteiger partial charge in [0.2, 0.25) is 0 Å². The van der Waals surface area contributed by atoms with Gasteiger partial charge in [-0.15, -0.1) is 0 Å². The molecule has 4 aromatic carbocycles. The van der Waals surface area contributed by atoms with Crippen LogP contribution in [-0.2, 0) is 25.7 Å². The van der Waals surface area contributed by atoms with Crippen molar-refractivity contribution in [1.82, 2.24) is 0 Å². The lowest BCUT2D eigenvalue weighted by atomic mass is 9.77. The largest absolute Gasteiger partial charge is 0.379 e. The molecule has 4 aromatic rings. The topological polar surface area (TPSA) is 86.7 Å². The van der Waals surface area contributed by atoms with E-state index in [0.717, 1.165) is 11.1 Å². The standard InChI is InChI=1S/C31H32O6S2/c1-21-11-7-9-13-29(21)38(32,33)36-27-17-15-25(19-23(27)3)31(5,6)26-16-18-28(24(4)20-26)37-39(34,35)30-14-10-8-12-22(30)2/h7-20H,1-6H3. The molecule has 0 amide bonds. The molecule has 0 saturated heterocycles. The monoisotopic (exact) mass is 564 g/mol. The predicted octanol–water partition coefficient (Wildman–Crippen LogP) is 6.78. The molecular weight excluding hydrogens is 532 g/mol. The third-order valence-corrected chi connectivity index (χ3v) is 9.71. The summed E-state index contributed by atoms with van der Waals surface area (Å²) in [6, 6.07) is 24.2. The van der Waals surface area contributed by atoms with Crippen molar-refractivity contribution in [2.24, 2.45) is 0 Å². The highest BCUT2D eigenvalue weighted by molar-refractivity contribution is 7.87. The summed E-state index contributed by atoms with van der Waals surface area (Å²) in [5, 5.41) is 0. The van der Waals surface area contributed by atoms with E-state index in [2.05, 4.69) is 0 Å². The van der Waals surface area contributed by atoms with Gasteiger partial charge in [0.1, 0.15) is 21.3 Å². The van der Waals surface area contributed by atoms with Gasteiger partial charge in [0.25, 0.3) is 0 Å². The van der Waals surface area contributed by atoms with E-state index in [1.54, 1.807) is 76.2 Å². The molecule has 0 aliphatic rings. The lowest BCUT2D eigenvalue weighted by molar-refractivity contribution is 0.482. The van der Waals surface area contributed by atoms with Gasteiger partial charge in [0, 0.05) is 5.41 Å². The van der Waals surface area contributed by atoms with Crippen molar-refractivity contribution < 1.29 is 25.2 Å². The Kier molecular flexibility index (Phi) is 7.65. The van der Waals surface area contributed by atoms with Crippen LogP contribution in [0.15, 0.2) is 94.7 Å². The first-order chi connectivity index (χ1) is 18.2. The molecular formula is C31H32O6S2. The first-order valence-electron chi connectivity index (χ1n) is 12.4. The highest BCUT2D eigenvalue weighted by Crippen LogP contribution is 2.37. The van der Waals surface area contributed by atoms with Gasteiger partial charge in [-0.05, 0) is 85.3 Å². The zero-order valence-corrected chi connectivity index (χ0v) is 24.5. The molecule has 4 rings (SSSR count). The molecule has 0 heterocycles. The highest BCUT2D eigenvalue weighted by atomic mass is 32.2. The van der Waals surface area contributed by atoms with Gasteiger partial charge < -0.3 is 8.37 Å². The second-order valence-corrected chi connectivity index (χ2v) is 13.2. The molecule has 0 unspecified atom stereocenters. The Labute approximate surface area is 231 Å². The Morgan fingerprint density at radius 1 is 0.513 bits per heavy atom. The second-order valence-electron chi connectivity index (χ2n) is 10.2. The Balaban J connectivity index is 1.59. The van der Waals surface area contributed by atoms with Crippen molar-refractivity contribution in [2.75, 3.05) is 0 Å². The van der Waals surface area contributed by atoms with E-state index >= 15 is 0 Å². The van der Waals surface area contributed by atoms with Crippen molar-refractivity contribution in [3.63, 3.8) is 0 Å². The molecule has 0 radical (unpaired) electrons. The summed E-state index contributed by atoms with van der Waals surface area (Å²) in [7, 11) is -7.96. The van der Waals surface area contributed by atoms with E-state index in [1.807, 2.05) is 38.1 Å². The first-order valence-corrected chi connectivity index (χ1v) is 15.3. The minimum Gasteiger partial charge on any atom is -0.379 e. The lowest BCUT2D eigenvalue weighted by Crippen LogP contribution is -2.20. The Bertz CT molecular complexity index is 1620. The van der Waals surface area contributed by atoms with Crippen molar-refractivity contribution >= 4 is 20.2 Å². The van der Waals surface area contributed by atoms with E-state index in [9.17, 15) is 16.8 Å². The molecule has 8 heteroatoms. The molecule has 0 spiro atoms. The van der Waals surface area contributed by atoms with Crippen molar-refractivity contribution in [3.8, 4) is 11.5 Å². The van der Waals surface area contributed by atoms with Crippen LogP contribution in [0.4, 0.5) is 0 Å². The Morgan fingerprint density at radius 2 is 0.872 bits per heavy atom. The van der Waals surface area contributed by atoms with E-state index in [4.69, 9.17) is 8.37 Å². The number of benzene rings is 4. The molecule has 0 aromatic heterocycles. The zero-order chi connectivity index (χ0) is 28.6. The number of aryl methyl sites for hydroxylation is 4. The third kappa shape index (κ3) is 5.87. The maximum absolute atomic E-state index is 12.9. The molecule has 0 aliphatic heterocycles. The molecule has 0 N–H and O–H groups in total. The van der Waals surface area contributed by atoms with Crippen molar-refractivity contribution in [3.05, 3.63) is 118 Å². The van der Waals surface area contributed by atoms with Crippen LogP contribution in [0.25, 0.3) is 0 Å². The Morgan fingerprint density at radius 3 is 1.21 bits per heavy atom. The van der Waals surface area contributed by atoms with E-state index < -0.39 is 25.7 Å². The van der Waals surface area contributed by atoms with Crippen LogP contribution < -0.4 is 8.37 Å². The summed E-state index contributed by atoms with van der Waals surface area (Å²) >= 11 is 0. The molecule has 0 aliphatic carbocycles. The maximum atomic E-state index is 12.9. The third-order valence-electron chi connectivity index (χ3n) is 6.92. The van der Waals surface area contributed by atoms with Crippen LogP contribution in [0.3, 0.4) is 0 Å². The summed E-state index contributed by atoms with van der Waals surface area (Å²) in [6.45, 7) is 11.2. The van der Waals surface area contributed by atoms with E-state index in [0.29, 0.717) is 22.3 Å². The molecule has 0 saturated carbocycles. The first kappa shape index (κ1) is 28.4. The van der Waals surface area contributed by atoms with Gasteiger partial charge in [-0.25, -0.2) is 0 Å². The van der Waals surface area contributed by atoms with Gasteiger partial charge in [0.15, 0.2) is 0 Å². The van der Waals surface area contributed by atoms with Crippen LogP contribution in [0.2, 0.25) is 0 Å². The second kappa shape index (κ2) is 10.5. The summed E-state index contributed by atoms with van der Waals surface area (Å²) in [4.78, 5) is 0.270. The van der Waals surface area contributed by atoms with Gasteiger partial charge in [-0.2, -0.15) is 16.8 Å². The fraction of sp³-hybridized carbons (Fsp3) is 0.226. The fourth-order valence-electron chi connectivity index (χ4n) is 4.43. The lowest BCUT2D eigenvalue weighted by Gasteiger charge is -2.28. The zero-order valence-electron chi connectivity index (χ0n) is 22.8. The molecule has 204 valence electrons. The van der Waals surface area contributed by atoms with Gasteiger partial charge in [0.05, 0.1) is 0 Å². The molecule has 39 heavy (non-hydrogen) atoms. The smallest absolute Gasteiger partial charge is 0.339 e. The van der Waals surface area contributed by atoms with Crippen LogP contribution in [0.5, 0.6) is 11.5 Å². The van der Waals surface area contributed by atoms with Gasteiger partial charge in [-0.3, -0.25) is 0 Å². The van der Waals surface area contributed by atoms with Crippen molar-refractivity contribution in [1.29, 1.82) is 0 Å². The molecule has 0 fully saturated rings.